The van der Waals surface area contributed by atoms with Gasteiger partial charge in [-0.1, -0.05) is 18.1 Å². The number of halogens is 1. The number of carbonyl (C=O) groups is 2. The smallest absolute Gasteiger partial charge is 0.250 e. The summed E-state index contributed by atoms with van der Waals surface area (Å²) in [5.41, 5.74) is 5.02. The molecule has 3 aromatic rings. The molecule has 9 nitrogen and oxygen atoms in total. The molecule has 0 fully saturated rings. The molecule has 192 valence electrons. The minimum Gasteiger partial charge on any atom is -0.356 e. The monoisotopic (exact) mass is 496 g/mol. The summed E-state index contributed by atoms with van der Waals surface area (Å²) in [5, 5.41) is 14.6. The molecule has 2 heterocycles. The van der Waals surface area contributed by atoms with Gasteiger partial charge in [0.2, 0.25) is 5.91 Å². The first-order chi connectivity index (χ1) is 17.3. The largest absolute Gasteiger partial charge is 0.356 e. The predicted octanol–water partition coefficient (Wildman–Crippen LogP) is 2.51. The quantitative estimate of drug-likeness (QED) is 0.417. The summed E-state index contributed by atoms with van der Waals surface area (Å²) in [6, 6.07) is 8.52. The van der Waals surface area contributed by atoms with Crippen LogP contribution in [0.3, 0.4) is 0 Å². The maximum Gasteiger partial charge on any atom is 0.250 e. The number of amides is 2. The Kier molecular flexibility index (Phi) is 7.97. The average molecular weight is 497 g/mol. The fraction of sp³-hybridized carbons (Fsp3) is 0.423. The third kappa shape index (κ3) is 5.56. The molecule has 2 aromatic carbocycles. The topological polar surface area (TPSA) is 94.0 Å². The van der Waals surface area contributed by atoms with Gasteiger partial charge in [-0.2, -0.15) is 0 Å². The molecule has 0 atom stereocenters. The van der Waals surface area contributed by atoms with Crippen molar-refractivity contribution in [1.29, 1.82) is 0 Å². The number of carbonyl (C=O) groups excluding carboxylic acids is 2. The Balaban J connectivity index is 1.37. The van der Waals surface area contributed by atoms with Gasteiger partial charge in [0, 0.05) is 44.7 Å². The molecule has 0 saturated carbocycles. The normalized spacial score (nSPS) is 13.2. The van der Waals surface area contributed by atoms with E-state index in [9.17, 15) is 14.0 Å². The predicted molar refractivity (Wildman–Crippen MR) is 136 cm³/mol. The first-order valence-electron chi connectivity index (χ1n) is 12.2. The van der Waals surface area contributed by atoms with Crippen molar-refractivity contribution in [3.05, 3.63) is 58.5 Å². The molecule has 2 N–H and O–H groups in total. The maximum atomic E-state index is 13.5. The van der Waals surface area contributed by atoms with Crippen LogP contribution in [-0.4, -0.2) is 66.8 Å². The first-order valence-corrected chi connectivity index (χ1v) is 12.2. The Hall–Kier alpha value is -3.34. The van der Waals surface area contributed by atoms with Crippen LogP contribution in [0, 0.1) is 19.7 Å². The minimum atomic E-state index is -0.281. The molecular formula is C26H33FN6O3. The van der Waals surface area contributed by atoms with E-state index in [1.165, 1.54) is 17.1 Å². The lowest BCUT2D eigenvalue weighted by Crippen LogP contribution is -2.47. The van der Waals surface area contributed by atoms with Crippen molar-refractivity contribution in [2.75, 3.05) is 44.7 Å². The van der Waals surface area contributed by atoms with E-state index in [1.807, 2.05) is 37.9 Å². The van der Waals surface area contributed by atoms with E-state index in [2.05, 4.69) is 15.8 Å². The van der Waals surface area contributed by atoms with Crippen molar-refractivity contribution < 1.29 is 18.5 Å². The van der Waals surface area contributed by atoms with Gasteiger partial charge in [0.05, 0.1) is 24.5 Å². The van der Waals surface area contributed by atoms with Crippen LogP contribution in [0.15, 0.2) is 34.9 Å². The Morgan fingerprint density at radius 1 is 1.08 bits per heavy atom. The number of benzene rings is 2. The molecule has 0 spiro atoms. The van der Waals surface area contributed by atoms with Crippen LogP contribution in [-0.2, 0) is 22.7 Å². The molecule has 1 aliphatic heterocycles. The summed E-state index contributed by atoms with van der Waals surface area (Å²) < 4.78 is 18.9. The number of hydrazine groups is 1. The number of anilines is 1. The van der Waals surface area contributed by atoms with E-state index >= 15 is 0 Å². The maximum absolute atomic E-state index is 13.5. The summed E-state index contributed by atoms with van der Waals surface area (Å²) in [5.74, 6) is -0.604. The minimum absolute atomic E-state index is 0.00378. The van der Waals surface area contributed by atoms with Crippen LogP contribution < -0.4 is 15.5 Å². The first kappa shape index (κ1) is 25.7. The van der Waals surface area contributed by atoms with Gasteiger partial charge < -0.3 is 14.7 Å². The second-order valence-electron chi connectivity index (χ2n) is 9.06. The van der Waals surface area contributed by atoms with E-state index in [4.69, 9.17) is 4.52 Å². The zero-order chi connectivity index (χ0) is 25.8. The van der Waals surface area contributed by atoms with Crippen molar-refractivity contribution in [3.8, 4) is 0 Å². The Morgan fingerprint density at radius 3 is 2.61 bits per heavy atom. The Labute approximate surface area is 210 Å². The van der Waals surface area contributed by atoms with E-state index in [0.29, 0.717) is 31.8 Å². The molecule has 2 amide bonds. The van der Waals surface area contributed by atoms with Crippen LogP contribution in [0.25, 0.3) is 11.0 Å². The summed E-state index contributed by atoms with van der Waals surface area (Å²) in [4.78, 5) is 27.7. The van der Waals surface area contributed by atoms with E-state index < -0.39 is 0 Å². The van der Waals surface area contributed by atoms with Crippen molar-refractivity contribution in [1.82, 2.24) is 25.8 Å². The van der Waals surface area contributed by atoms with Gasteiger partial charge in [-0.25, -0.2) is 9.40 Å². The zero-order valence-electron chi connectivity index (χ0n) is 21.2. The second-order valence-corrected chi connectivity index (χ2v) is 9.06. The van der Waals surface area contributed by atoms with Gasteiger partial charge >= 0.3 is 0 Å². The summed E-state index contributed by atoms with van der Waals surface area (Å²) >= 11 is 0. The SMILES string of the molecule is CCNCCN(C(=O)CNCC(=O)N(C)N1Cc2ccc(F)cc2C1)c1cc2onc(C)c2cc1C. The van der Waals surface area contributed by atoms with Gasteiger partial charge in [-0.3, -0.25) is 19.9 Å². The zero-order valence-corrected chi connectivity index (χ0v) is 21.2. The molecule has 0 unspecified atom stereocenters. The van der Waals surface area contributed by atoms with Gasteiger partial charge in [0.15, 0.2) is 5.58 Å². The number of fused-ring (bicyclic) bond motifs is 2. The fourth-order valence-corrected chi connectivity index (χ4v) is 4.44. The number of nitrogens with one attached hydrogen (secondary N) is 2. The summed E-state index contributed by atoms with van der Waals surface area (Å²) in [6.45, 7) is 8.78. The molecule has 1 aromatic heterocycles. The molecule has 0 radical (unpaired) electrons. The number of nitrogens with zero attached hydrogens (tertiary/aromatic N) is 4. The van der Waals surface area contributed by atoms with Crippen LogP contribution >= 0.6 is 0 Å². The number of likely N-dealkylation sites (N-methyl/N-ethyl adjacent to an activating group) is 2. The van der Waals surface area contributed by atoms with Crippen LogP contribution in [0.1, 0.15) is 29.3 Å². The lowest BCUT2D eigenvalue weighted by molar-refractivity contribution is -0.145. The Bertz CT molecular complexity index is 1260. The molecule has 4 rings (SSSR count). The molecule has 36 heavy (non-hydrogen) atoms. The molecule has 10 heteroatoms. The highest BCUT2D eigenvalue weighted by Gasteiger charge is 2.26. The number of aryl methyl sites for hydroxylation is 2. The number of hydrogen-bond acceptors (Lipinski definition) is 7. The van der Waals surface area contributed by atoms with Crippen molar-refractivity contribution in [2.45, 2.75) is 33.9 Å². The number of hydrogen-bond donors (Lipinski definition) is 2. The molecule has 0 saturated heterocycles. The highest BCUT2D eigenvalue weighted by atomic mass is 19.1. The second kappa shape index (κ2) is 11.2. The van der Waals surface area contributed by atoms with E-state index in [0.717, 1.165) is 40.0 Å². The van der Waals surface area contributed by atoms with Crippen molar-refractivity contribution >= 4 is 28.5 Å². The van der Waals surface area contributed by atoms with Crippen LogP contribution in [0.4, 0.5) is 10.1 Å². The lowest BCUT2D eigenvalue weighted by atomic mass is 10.1. The van der Waals surface area contributed by atoms with E-state index in [1.54, 1.807) is 18.0 Å². The molecule has 1 aliphatic rings. The average Bonchev–Trinajstić information content (AvgIpc) is 3.43. The highest BCUT2D eigenvalue weighted by molar-refractivity contribution is 5.98. The van der Waals surface area contributed by atoms with Crippen LogP contribution in [0.2, 0.25) is 0 Å². The standard InChI is InChI=1S/C26H33FN6O3/c1-5-28-8-9-33(23-12-24-22(10-17(23)2)18(3)30-36-24)26(35)14-29-13-25(34)31(4)32-15-19-6-7-21(27)11-20(19)16-32/h6-7,10-12,28-29H,5,8-9,13-16H2,1-4H3. The van der Waals surface area contributed by atoms with Gasteiger partial charge in [-0.15, -0.1) is 0 Å². The molecule has 0 aliphatic carbocycles. The summed E-state index contributed by atoms with van der Waals surface area (Å²) in [7, 11) is 1.69. The third-order valence-electron chi connectivity index (χ3n) is 6.53. The van der Waals surface area contributed by atoms with Gasteiger partial charge in [-0.05, 0) is 55.3 Å². The highest BCUT2D eigenvalue weighted by Crippen LogP contribution is 2.28. The molecule has 0 bridgehead atoms. The Morgan fingerprint density at radius 2 is 1.83 bits per heavy atom. The van der Waals surface area contributed by atoms with Crippen molar-refractivity contribution in [3.63, 3.8) is 0 Å². The summed E-state index contributed by atoms with van der Waals surface area (Å²) in [6.07, 6.45) is 0. The lowest BCUT2D eigenvalue weighted by Gasteiger charge is -2.28. The van der Waals surface area contributed by atoms with E-state index in [-0.39, 0.29) is 30.7 Å². The van der Waals surface area contributed by atoms with Gasteiger partial charge in [0.25, 0.3) is 5.91 Å². The van der Waals surface area contributed by atoms with Crippen molar-refractivity contribution in [2.24, 2.45) is 0 Å². The van der Waals surface area contributed by atoms with Crippen LogP contribution in [0.5, 0.6) is 0 Å². The number of rotatable bonds is 10. The van der Waals surface area contributed by atoms with Gasteiger partial charge in [0.1, 0.15) is 5.82 Å². The fourth-order valence-electron chi connectivity index (χ4n) is 4.44. The number of aromatic nitrogens is 1. The molecular weight excluding hydrogens is 463 g/mol. The third-order valence-corrected chi connectivity index (χ3v) is 6.53.